The molecule has 156 valence electrons. The number of ether oxygens (including phenoxy) is 1. The van der Waals surface area contributed by atoms with Crippen molar-refractivity contribution in [3.63, 3.8) is 0 Å². The Balaban J connectivity index is 1.83. The predicted molar refractivity (Wildman–Crippen MR) is 116 cm³/mol. The molecule has 0 fully saturated rings. The van der Waals surface area contributed by atoms with Crippen LogP contribution in [0, 0.1) is 0 Å². The van der Waals surface area contributed by atoms with Gasteiger partial charge in [0.05, 0.1) is 24.0 Å². The summed E-state index contributed by atoms with van der Waals surface area (Å²) in [4.78, 5) is 27.6. The second-order valence-corrected chi connectivity index (χ2v) is 7.47. The number of likely N-dealkylation sites (N-methyl/N-ethyl adjacent to an activating group) is 1. The van der Waals surface area contributed by atoms with E-state index in [2.05, 4.69) is 0 Å². The lowest BCUT2D eigenvalue weighted by molar-refractivity contribution is -0.134. The molecule has 0 saturated heterocycles. The number of imide groups is 1. The lowest BCUT2D eigenvalue weighted by atomic mass is 9.95. The van der Waals surface area contributed by atoms with Crippen molar-refractivity contribution in [3.8, 4) is 5.75 Å². The van der Waals surface area contributed by atoms with Crippen LogP contribution in [-0.4, -0.2) is 46.6 Å². The average Bonchev–Trinajstić information content (AvgIpc) is 3.44. The summed E-state index contributed by atoms with van der Waals surface area (Å²) < 4.78 is 13.2. The molecule has 0 unspecified atom stereocenters. The van der Waals surface area contributed by atoms with Gasteiger partial charge in [-0.25, -0.2) is 0 Å². The van der Waals surface area contributed by atoms with Crippen LogP contribution < -0.4 is 4.74 Å². The fraction of sp³-hybridized carbons (Fsp3) is 0.167. The van der Waals surface area contributed by atoms with E-state index in [9.17, 15) is 9.59 Å². The molecule has 0 spiro atoms. The Morgan fingerprint density at radius 1 is 1.00 bits per heavy atom. The zero-order valence-electron chi connectivity index (χ0n) is 17.1. The second kappa shape index (κ2) is 7.14. The van der Waals surface area contributed by atoms with Gasteiger partial charge in [-0.15, -0.1) is 0 Å². The second-order valence-electron chi connectivity index (χ2n) is 7.47. The van der Waals surface area contributed by atoms with E-state index in [0.717, 1.165) is 21.2 Å². The summed E-state index contributed by atoms with van der Waals surface area (Å²) in [5, 5.41) is 10.8. The summed E-state index contributed by atoms with van der Waals surface area (Å²) in [7, 11) is 3.39. The number of carbonyl (C=O) groups is 2. The lowest BCUT2D eigenvalue weighted by Crippen LogP contribution is -2.26. The molecular weight excluding hydrogens is 396 g/mol. The van der Waals surface area contributed by atoms with E-state index in [1.54, 1.807) is 18.2 Å². The Bertz CT molecular complexity index is 1390. The first-order valence-electron chi connectivity index (χ1n) is 9.87. The predicted octanol–water partition coefficient (Wildman–Crippen LogP) is 3.21. The summed E-state index contributed by atoms with van der Waals surface area (Å²) >= 11 is 0. The van der Waals surface area contributed by atoms with Crippen LogP contribution in [0.4, 0.5) is 0 Å². The molecular formula is C24H20N2O5. The zero-order chi connectivity index (χ0) is 21.7. The molecule has 7 heteroatoms. The van der Waals surface area contributed by atoms with Crippen molar-refractivity contribution in [2.24, 2.45) is 7.05 Å². The quantitative estimate of drug-likeness (QED) is 0.505. The number of hydrogen-bond donors (Lipinski definition) is 1. The number of benzene rings is 2. The van der Waals surface area contributed by atoms with Gasteiger partial charge in [-0.3, -0.25) is 14.5 Å². The van der Waals surface area contributed by atoms with E-state index in [0.29, 0.717) is 28.0 Å². The van der Waals surface area contributed by atoms with E-state index < -0.39 is 5.91 Å². The lowest BCUT2D eigenvalue weighted by Gasteiger charge is -2.10. The number of aliphatic hydroxyl groups excluding tert-OH is 1. The minimum absolute atomic E-state index is 0.116. The van der Waals surface area contributed by atoms with Crippen LogP contribution in [0.2, 0.25) is 0 Å². The van der Waals surface area contributed by atoms with Gasteiger partial charge >= 0.3 is 0 Å². The molecule has 2 aromatic heterocycles. The molecule has 7 nitrogen and oxygen atoms in total. The number of para-hydroxylation sites is 1. The molecule has 2 amide bonds. The molecule has 3 heterocycles. The molecule has 4 aromatic rings. The third-order valence-corrected chi connectivity index (χ3v) is 5.61. The maximum atomic E-state index is 13.3. The zero-order valence-corrected chi connectivity index (χ0v) is 17.1. The number of aryl methyl sites for hydroxylation is 1. The number of amides is 2. The van der Waals surface area contributed by atoms with Crippen LogP contribution in [0.5, 0.6) is 5.75 Å². The SMILES string of the molecule is CN1C(=O)C(c2cn(C)c3ccccc23)=C(c2cc(OCCO)cc3ccoc23)C1=O. The van der Waals surface area contributed by atoms with Crippen LogP contribution >= 0.6 is 0 Å². The molecule has 1 N–H and O–H groups in total. The van der Waals surface area contributed by atoms with Gasteiger partial charge in [0.25, 0.3) is 11.8 Å². The fourth-order valence-corrected chi connectivity index (χ4v) is 4.17. The average molecular weight is 416 g/mol. The molecule has 5 rings (SSSR count). The molecule has 0 saturated carbocycles. The highest BCUT2D eigenvalue weighted by atomic mass is 16.5. The van der Waals surface area contributed by atoms with Crippen molar-refractivity contribution in [3.05, 3.63) is 66.1 Å². The molecule has 1 aliphatic rings. The van der Waals surface area contributed by atoms with Crippen LogP contribution in [0.3, 0.4) is 0 Å². The van der Waals surface area contributed by atoms with Gasteiger partial charge < -0.3 is 18.8 Å². The number of carbonyl (C=O) groups excluding carboxylic acids is 2. The van der Waals surface area contributed by atoms with Gasteiger partial charge in [0.1, 0.15) is 17.9 Å². The first-order chi connectivity index (χ1) is 15.0. The van der Waals surface area contributed by atoms with Gasteiger partial charge in [0, 0.05) is 47.7 Å². The van der Waals surface area contributed by atoms with Crippen molar-refractivity contribution >= 4 is 44.8 Å². The topological polar surface area (TPSA) is 84.9 Å². The summed E-state index contributed by atoms with van der Waals surface area (Å²) in [6.45, 7) is -0.0202. The van der Waals surface area contributed by atoms with Gasteiger partial charge in [-0.05, 0) is 24.3 Å². The van der Waals surface area contributed by atoms with E-state index in [4.69, 9.17) is 14.3 Å². The third kappa shape index (κ3) is 2.85. The Labute approximate surface area is 177 Å². The van der Waals surface area contributed by atoms with E-state index >= 15 is 0 Å². The highest BCUT2D eigenvalue weighted by molar-refractivity contribution is 6.50. The molecule has 31 heavy (non-hydrogen) atoms. The molecule has 0 atom stereocenters. The number of nitrogens with zero attached hydrogens (tertiary/aromatic N) is 2. The summed E-state index contributed by atoms with van der Waals surface area (Å²) in [5.41, 5.74) is 3.25. The first kappa shape index (κ1) is 19.1. The van der Waals surface area contributed by atoms with Crippen molar-refractivity contribution in [1.82, 2.24) is 9.47 Å². The number of aliphatic hydroxyl groups is 1. The number of aromatic nitrogens is 1. The molecule has 0 radical (unpaired) electrons. The van der Waals surface area contributed by atoms with E-state index in [-0.39, 0.29) is 24.7 Å². The van der Waals surface area contributed by atoms with E-state index in [1.165, 1.54) is 13.3 Å². The maximum absolute atomic E-state index is 13.3. The normalized spacial score (nSPS) is 14.5. The van der Waals surface area contributed by atoms with Crippen LogP contribution in [-0.2, 0) is 16.6 Å². The summed E-state index contributed by atoms with van der Waals surface area (Å²) in [6.07, 6.45) is 3.41. The number of furan rings is 1. The highest BCUT2D eigenvalue weighted by Gasteiger charge is 2.39. The summed E-state index contributed by atoms with van der Waals surface area (Å²) in [5.74, 6) is -0.278. The third-order valence-electron chi connectivity index (χ3n) is 5.61. The first-order valence-corrected chi connectivity index (χ1v) is 9.87. The van der Waals surface area contributed by atoms with Gasteiger partial charge in [-0.2, -0.15) is 0 Å². The van der Waals surface area contributed by atoms with Crippen LogP contribution in [0.15, 0.2) is 59.3 Å². The van der Waals surface area contributed by atoms with Gasteiger partial charge in [-0.1, -0.05) is 18.2 Å². The number of hydrogen-bond acceptors (Lipinski definition) is 5. The molecule has 0 aliphatic carbocycles. The molecule has 0 bridgehead atoms. The Kier molecular flexibility index (Phi) is 4.41. The highest BCUT2D eigenvalue weighted by Crippen LogP contribution is 2.42. The van der Waals surface area contributed by atoms with Crippen molar-refractivity contribution in [2.45, 2.75) is 0 Å². The number of rotatable bonds is 5. The molecule has 1 aliphatic heterocycles. The van der Waals surface area contributed by atoms with Crippen LogP contribution in [0.1, 0.15) is 11.1 Å². The van der Waals surface area contributed by atoms with Crippen LogP contribution in [0.25, 0.3) is 33.0 Å². The van der Waals surface area contributed by atoms with Crippen molar-refractivity contribution in [2.75, 3.05) is 20.3 Å². The Morgan fingerprint density at radius 2 is 1.74 bits per heavy atom. The Hall–Kier alpha value is -3.84. The summed E-state index contributed by atoms with van der Waals surface area (Å²) in [6, 6.07) is 13.0. The van der Waals surface area contributed by atoms with E-state index in [1.807, 2.05) is 42.1 Å². The maximum Gasteiger partial charge on any atom is 0.262 e. The smallest absolute Gasteiger partial charge is 0.262 e. The standard InChI is InChI=1S/C24H20N2O5/c1-25-13-18(16-5-3-4-6-19(16)25)21-20(23(28)26(2)24(21)29)17-12-15(30-10-8-27)11-14-7-9-31-22(14)17/h3-7,9,11-13,27H,8,10H2,1-2H3. The fourth-order valence-electron chi connectivity index (χ4n) is 4.17. The minimum Gasteiger partial charge on any atom is -0.491 e. The van der Waals surface area contributed by atoms with Crippen molar-refractivity contribution < 1.29 is 23.8 Å². The van der Waals surface area contributed by atoms with Gasteiger partial charge in [0.15, 0.2) is 0 Å². The minimum atomic E-state index is -0.398. The Morgan fingerprint density at radius 3 is 2.52 bits per heavy atom. The number of fused-ring (bicyclic) bond motifs is 2. The van der Waals surface area contributed by atoms with Crippen molar-refractivity contribution in [1.29, 1.82) is 0 Å². The largest absolute Gasteiger partial charge is 0.491 e. The van der Waals surface area contributed by atoms with Gasteiger partial charge in [0.2, 0.25) is 0 Å². The monoisotopic (exact) mass is 416 g/mol. The molecule has 2 aromatic carbocycles.